The fourth-order valence-corrected chi connectivity index (χ4v) is 3.43. The number of ether oxygens (including phenoxy) is 2. The van der Waals surface area contributed by atoms with E-state index < -0.39 is 43.7 Å². The van der Waals surface area contributed by atoms with E-state index in [2.05, 4.69) is 10.3 Å². The number of hydrogen-bond acceptors (Lipinski definition) is 6. The minimum absolute atomic E-state index is 0.0209. The van der Waals surface area contributed by atoms with E-state index in [0.29, 0.717) is 24.1 Å². The number of benzene rings is 1. The summed E-state index contributed by atoms with van der Waals surface area (Å²) in [5, 5.41) is 2.32. The second-order valence-electron chi connectivity index (χ2n) is 6.88. The molecule has 0 spiro atoms. The van der Waals surface area contributed by atoms with E-state index >= 15 is 0 Å². The topological polar surface area (TPSA) is 107 Å². The van der Waals surface area contributed by atoms with Crippen molar-refractivity contribution in [3.8, 4) is 17.4 Å². The number of carbonyl (C=O) groups is 1. The van der Waals surface area contributed by atoms with Crippen LogP contribution in [0, 0.1) is 0 Å². The molecule has 1 aromatic heterocycles. The minimum Gasteiger partial charge on any atom is -0.481 e. The zero-order valence-electron chi connectivity index (χ0n) is 17.6. The molecule has 3 unspecified atom stereocenters. The monoisotopic (exact) mass is 476 g/mol. The van der Waals surface area contributed by atoms with Crippen molar-refractivity contribution in [3.05, 3.63) is 48.2 Å². The molecule has 1 amide bonds. The molecule has 0 bridgehead atoms. The smallest absolute Gasteiger partial charge is 0.417 e. The van der Waals surface area contributed by atoms with Crippen molar-refractivity contribution in [1.82, 2.24) is 10.3 Å². The number of alkyl halides is 3. The van der Waals surface area contributed by atoms with Crippen molar-refractivity contribution < 1.29 is 41.4 Å². The molecule has 0 aliphatic heterocycles. The van der Waals surface area contributed by atoms with E-state index in [-0.39, 0.29) is 5.88 Å². The van der Waals surface area contributed by atoms with E-state index in [1.807, 2.05) is 0 Å². The summed E-state index contributed by atoms with van der Waals surface area (Å²) < 4.78 is 65.5. The lowest BCUT2D eigenvalue weighted by Gasteiger charge is -2.19. The summed E-state index contributed by atoms with van der Waals surface area (Å²) in [6, 6.07) is 7.92. The largest absolute Gasteiger partial charge is 0.481 e. The maximum atomic E-state index is 12.6. The van der Waals surface area contributed by atoms with Gasteiger partial charge in [-0.15, -0.1) is 0 Å². The average Bonchev–Trinajstić information content (AvgIpc) is 2.72. The van der Waals surface area contributed by atoms with Crippen LogP contribution in [-0.4, -0.2) is 34.3 Å². The zero-order valence-corrected chi connectivity index (χ0v) is 18.5. The average molecular weight is 476 g/mol. The molecular weight excluding hydrogens is 452 g/mol. The van der Waals surface area contributed by atoms with E-state index in [1.165, 1.54) is 31.2 Å². The third kappa shape index (κ3) is 8.14. The van der Waals surface area contributed by atoms with E-state index in [4.69, 9.17) is 14.0 Å². The number of halogens is 3. The summed E-state index contributed by atoms with van der Waals surface area (Å²) in [5.41, 5.74) is -0.884. The number of nitrogens with zero attached hydrogens (tertiary/aromatic N) is 1. The molecule has 32 heavy (non-hydrogen) atoms. The molecule has 0 aliphatic rings. The first-order chi connectivity index (χ1) is 14.9. The number of nitrogens with one attached hydrogen (secondary N) is 1. The molecule has 12 heteroatoms. The van der Waals surface area contributed by atoms with Gasteiger partial charge in [0.1, 0.15) is 17.8 Å². The standard InChI is InChI=1S/C20H24F3N2O6P/c1-4-13(2)31-32(27,28)12-25-19(26)14(3)29-16-6-8-17(9-7-16)30-18-10-5-15(11-24-18)20(21,22)23/h5-11,13-14H,4,12H2,1-3H3,(H,25,26)(H,27,28). The van der Waals surface area contributed by atoms with Crippen LogP contribution in [-0.2, 0) is 20.1 Å². The van der Waals surface area contributed by atoms with Gasteiger partial charge in [-0.3, -0.25) is 9.36 Å². The fourth-order valence-electron chi connectivity index (χ4n) is 2.29. The lowest BCUT2D eigenvalue weighted by molar-refractivity contribution is -0.137. The fraction of sp³-hybridized carbons (Fsp3) is 0.400. The summed E-state index contributed by atoms with van der Waals surface area (Å²) in [5.74, 6) is -0.0256. The highest BCUT2D eigenvalue weighted by Crippen LogP contribution is 2.42. The van der Waals surface area contributed by atoms with E-state index in [9.17, 15) is 27.4 Å². The maximum Gasteiger partial charge on any atom is 0.417 e. The Hall–Kier alpha value is -2.62. The van der Waals surface area contributed by atoms with Crippen LogP contribution in [0.1, 0.15) is 32.8 Å². The molecule has 8 nitrogen and oxygen atoms in total. The van der Waals surface area contributed by atoms with Crippen LogP contribution in [0.4, 0.5) is 13.2 Å². The Morgan fingerprint density at radius 3 is 2.31 bits per heavy atom. The minimum atomic E-state index is -4.48. The molecule has 0 radical (unpaired) electrons. The Bertz CT molecular complexity index is 938. The molecule has 2 N–H and O–H groups in total. The van der Waals surface area contributed by atoms with Crippen molar-refractivity contribution in [2.45, 2.75) is 45.6 Å². The van der Waals surface area contributed by atoms with Gasteiger partial charge in [-0.05, 0) is 50.6 Å². The molecule has 2 rings (SSSR count). The predicted octanol–water partition coefficient (Wildman–Crippen LogP) is 4.73. The summed E-state index contributed by atoms with van der Waals surface area (Å²) in [4.78, 5) is 25.5. The SMILES string of the molecule is CCC(C)OP(=O)(O)CNC(=O)C(C)Oc1ccc(Oc2ccc(C(F)(F)F)cn2)cc1. The first-order valence-electron chi connectivity index (χ1n) is 9.65. The number of aromatic nitrogens is 1. The third-order valence-corrected chi connectivity index (χ3v) is 5.41. The quantitative estimate of drug-likeness (QED) is 0.477. The van der Waals surface area contributed by atoms with Gasteiger partial charge in [-0.2, -0.15) is 13.2 Å². The molecule has 3 atom stereocenters. The summed E-state index contributed by atoms with van der Waals surface area (Å²) in [6.07, 6.45) is -5.20. The Morgan fingerprint density at radius 2 is 1.78 bits per heavy atom. The Labute approximate surface area is 183 Å². The van der Waals surface area contributed by atoms with Gasteiger partial charge in [0.05, 0.1) is 11.7 Å². The van der Waals surface area contributed by atoms with Crippen molar-refractivity contribution >= 4 is 13.5 Å². The van der Waals surface area contributed by atoms with Gasteiger partial charge in [0.2, 0.25) is 5.88 Å². The molecule has 0 saturated heterocycles. The van der Waals surface area contributed by atoms with Crippen LogP contribution >= 0.6 is 7.60 Å². The van der Waals surface area contributed by atoms with Crippen LogP contribution in [0.25, 0.3) is 0 Å². The van der Waals surface area contributed by atoms with E-state index in [1.54, 1.807) is 13.8 Å². The summed E-state index contributed by atoms with van der Waals surface area (Å²) >= 11 is 0. The number of hydrogen-bond donors (Lipinski definition) is 2. The predicted molar refractivity (Wildman–Crippen MR) is 110 cm³/mol. The second-order valence-corrected chi connectivity index (χ2v) is 8.68. The van der Waals surface area contributed by atoms with Crippen molar-refractivity contribution in [1.29, 1.82) is 0 Å². The molecule has 1 aromatic carbocycles. The van der Waals surface area contributed by atoms with Crippen molar-refractivity contribution in [3.63, 3.8) is 0 Å². The highest BCUT2D eigenvalue weighted by molar-refractivity contribution is 7.52. The van der Waals surface area contributed by atoms with Gasteiger partial charge in [0.25, 0.3) is 5.91 Å². The van der Waals surface area contributed by atoms with Gasteiger partial charge in [-0.25, -0.2) is 4.98 Å². The van der Waals surface area contributed by atoms with Gasteiger partial charge in [-0.1, -0.05) is 6.92 Å². The lowest BCUT2D eigenvalue weighted by atomic mass is 10.3. The summed E-state index contributed by atoms with van der Waals surface area (Å²) in [7, 11) is -3.97. The Kier molecular flexibility index (Phi) is 8.65. The van der Waals surface area contributed by atoms with Gasteiger partial charge >= 0.3 is 13.8 Å². The Balaban J connectivity index is 1.87. The number of carbonyl (C=O) groups excluding carboxylic acids is 1. The first-order valence-corrected chi connectivity index (χ1v) is 11.4. The Morgan fingerprint density at radius 1 is 1.16 bits per heavy atom. The molecule has 0 aliphatic carbocycles. The highest BCUT2D eigenvalue weighted by Gasteiger charge is 2.30. The zero-order chi connectivity index (χ0) is 23.9. The van der Waals surface area contributed by atoms with Crippen LogP contribution in [0.3, 0.4) is 0 Å². The molecule has 1 heterocycles. The lowest BCUT2D eigenvalue weighted by Crippen LogP contribution is -2.37. The first kappa shape index (κ1) is 25.6. The number of amides is 1. The van der Waals surface area contributed by atoms with Crippen LogP contribution in [0.15, 0.2) is 42.6 Å². The maximum absolute atomic E-state index is 12.6. The normalized spacial score (nSPS) is 15.3. The molecule has 0 fully saturated rings. The van der Waals surface area contributed by atoms with Crippen LogP contribution in [0.2, 0.25) is 0 Å². The van der Waals surface area contributed by atoms with Crippen molar-refractivity contribution in [2.24, 2.45) is 0 Å². The van der Waals surface area contributed by atoms with Gasteiger partial charge in [0.15, 0.2) is 6.10 Å². The molecule has 2 aromatic rings. The van der Waals surface area contributed by atoms with Crippen molar-refractivity contribution in [2.75, 3.05) is 6.29 Å². The summed E-state index contributed by atoms with van der Waals surface area (Å²) in [6.45, 7) is 4.91. The van der Waals surface area contributed by atoms with Gasteiger partial charge < -0.3 is 24.2 Å². The molecule has 176 valence electrons. The number of pyridine rings is 1. The van der Waals surface area contributed by atoms with Gasteiger partial charge in [0, 0.05) is 12.3 Å². The molecular formula is C20H24F3N2O6P. The number of rotatable bonds is 10. The highest BCUT2D eigenvalue weighted by atomic mass is 31.2. The van der Waals surface area contributed by atoms with E-state index in [0.717, 1.165) is 12.1 Å². The second kappa shape index (κ2) is 10.8. The van der Waals surface area contributed by atoms with Crippen LogP contribution < -0.4 is 14.8 Å². The molecule has 0 saturated carbocycles. The van der Waals surface area contributed by atoms with Crippen LogP contribution in [0.5, 0.6) is 17.4 Å². The third-order valence-electron chi connectivity index (χ3n) is 4.16.